The van der Waals surface area contributed by atoms with E-state index in [1.807, 2.05) is 0 Å². The van der Waals surface area contributed by atoms with Crippen LogP contribution in [0.4, 0.5) is 0 Å². The molecule has 20 heavy (non-hydrogen) atoms. The summed E-state index contributed by atoms with van der Waals surface area (Å²) in [6.07, 6.45) is 9.69. The Labute approximate surface area is 122 Å². The molecule has 1 atom stereocenters. The van der Waals surface area contributed by atoms with Gasteiger partial charge >= 0.3 is 0 Å². The SMILES string of the molecule is O=C(NC1(CN2CCCC2)CCCCC1)[C@@H]1CCOC1. The van der Waals surface area contributed by atoms with Crippen LogP contribution in [-0.2, 0) is 9.53 Å². The van der Waals surface area contributed by atoms with Gasteiger partial charge in [0.1, 0.15) is 0 Å². The zero-order valence-electron chi connectivity index (χ0n) is 12.5. The van der Waals surface area contributed by atoms with Crippen LogP contribution in [0.1, 0.15) is 51.4 Å². The molecule has 0 spiro atoms. The number of nitrogens with one attached hydrogen (secondary N) is 1. The van der Waals surface area contributed by atoms with Crippen molar-refractivity contribution in [3.63, 3.8) is 0 Å². The lowest BCUT2D eigenvalue weighted by Crippen LogP contribution is -2.57. The molecule has 4 heteroatoms. The minimum absolute atomic E-state index is 0.0439. The van der Waals surface area contributed by atoms with Gasteiger partial charge in [0.2, 0.25) is 5.91 Å². The van der Waals surface area contributed by atoms with Crippen molar-refractivity contribution in [2.75, 3.05) is 32.8 Å². The number of ether oxygens (including phenoxy) is 1. The first kappa shape index (κ1) is 14.3. The largest absolute Gasteiger partial charge is 0.381 e. The van der Waals surface area contributed by atoms with Gasteiger partial charge in [0.05, 0.1) is 18.1 Å². The van der Waals surface area contributed by atoms with E-state index < -0.39 is 0 Å². The summed E-state index contributed by atoms with van der Waals surface area (Å²) in [6.45, 7) is 4.85. The topological polar surface area (TPSA) is 41.6 Å². The van der Waals surface area contributed by atoms with Crippen molar-refractivity contribution in [2.24, 2.45) is 5.92 Å². The van der Waals surface area contributed by atoms with E-state index in [0.29, 0.717) is 6.61 Å². The van der Waals surface area contributed by atoms with Gasteiger partial charge in [0.15, 0.2) is 0 Å². The van der Waals surface area contributed by atoms with Gasteiger partial charge in [-0.1, -0.05) is 19.3 Å². The van der Waals surface area contributed by atoms with Gasteiger partial charge in [-0.05, 0) is 45.2 Å². The van der Waals surface area contributed by atoms with Crippen LogP contribution in [0.3, 0.4) is 0 Å². The van der Waals surface area contributed by atoms with Gasteiger partial charge in [-0.25, -0.2) is 0 Å². The third kappa shape index (κ3) is 3.34. The van der Waals surface area contributed by atoms with Crippen molar-refractivity contribution in [1.29, 1.82) is 0 Å². The zero-order chi connectivity index (χ0) is 13.8. The number of likely N-dealkylation sites (tertiary alicyclic amines) is 1. The van der Waals surface area contributed by atoms with Crippen LogP contribution in [-0.4, -0.2) is 49.2 Å². The summed E-state index contributed by atoms with van der Waals surface area (Å²) in [7, 11) is 0. The van der Waals surface area contributed by atoms with Crippen LogP contribution < -0.4 is 5.32 Å². The van der Waals surface area contributed by atoms with E-state index in [1.54, 1.807) is 0 Å². The van der Waals surface area contributed by atoms with E-state index in [9.17, 15) is 4.79 Å². The highest BCUT2D eigenvalue weighted by molar-refractivity contribution is 5.79. The molecule has 0 radical (unpaired) electrons. The Morgan fingerprint density at radius 1 is 1.15 bits per heavy atom. The highest BCUT2D eigenvalue weighted by atomic mass is 16.5. The molecule has 3 fully saturated rings. The second-order valence-corrected chi connectivity index (χ2v) is 6.87. The van der Waals surface area contributed by atoms with Crippen molar-refractivity contribution in [3.8, 4) is 0 Å². The Morgan fingerprint density at radius 3 is 2.55 bits per heavy atom. The number of nitrogens with zero attached hydrogens (tertiary/aromatic N) is 1. The second-order valence-electron chi connectivity index (χ2n) is 6.87. The van der Waals surface area contributed by atoms with Crippen molar-refractivity contribution >= 4 is 5.91 Å². The van der Waals surface area contributed by atoms with Crippen molar-refractivity contribution in [2.45, 2.75) is 56.9 Å². The predicted octanol–water partition coefficient (Wildman–Crippen LogP) is 1.94. The molecular formula is C16H28N2O2. The van der Waals surface area contributed by atoms with Gasteiger partial charge in [0.25, 0.3) is 0 Å². The van der Waals surface area contributed by atoms with Gasteiger partial charge in [-0.15, -0.1) is 0 Å². The molecule has 2 aliphatic heterocycles. The molecule has 1 aliphatic carbocycles. The first-order valence-corrected chi connectivity index (χ1v) is 8.40. The van der Waals surface area contributed by atoms with E-state index in [-0.39, 0.29) is 17.4 Å². The number of rotatable bonds is 4. The fourth-order valence-corrected chi connectivity index (χ4v) is 4.02. The van der Waals surface area contributed by atoms with Crippen LogP contribution >= 0.6 is 0 Å². The monoisotopic (exact) mass is 280 g/mol. The molecule has 1 N–H and O–H groups in total. The Bertz CT molecular complexity index is 327. The first-order valence-electron chi connectivity index (χ1n) is 8.40. The Morgan fingerprint density at radius 2 is 1.90 bits per heavy atom. The lowest BCUT2D eigenvalue weighted by molar-refractivity contribution is -0.127. The molecule has 1 amide bonds. The number of carbonyl (C=O) groups is 1. The van der Waals surface area contributed by atoms with Crippen LogP contribution in [0.5, 0.6) is 0 Å². The number of hydrogen-bond donors (Lipinski definition) is 1. The van der Waals surface area contributed by atoms with Gasteiger partial charge in [-0.3, -0.25) is 4.79 Å². The quantitative estimate of drug-likeness (QED) is 0.855. The highest BCUT2D eigenvalue weighted by Crippen LogP contribution is 2.31. The van der Waals surface area contributed by atoms with Crippen LogP contribution in [0.15, 0.2) is 0 Å². The highest BCUT2D eigenvalue weighted by Gasteiger charge is 2.38. The maximum Gasteiger partial charge on any atom is 0.226 e. The van der Waals surface area contributed by atoms with E-state index >= 15 is 0 Å². The lowest BCUT2D eigenvalue weighted by Gasteiger charge is -2.41. The Kier molecular flexibility index (Phi) is 4.61. The average molecular weight is 280 g/mol. The molecule has 0 bridgehead atoms. The molecule has 0 aromatic carbocycles. The van der Waals surface area contributed by atoms with Crippen LogP contribution in [0.25, 0.3) is 0 Å². The molecule has 0 aromatic rings. The van der Waals surface area contributed by atoms with E-state index in [0.717, 1.165) is 32.4 Å². The second kappa shape index (κ2) is 6.44. The summed E-state index contributed by atoms with van der Waals surface area (Å²) in [5, 5.41) is 3.44. The van der Waals surface area contributed by atoms with E-state index in [2.05, 4.69) is 10.2 Å². The molecule has 3 rings (SSSR count). The molecule has 2 saturated heterocycles. The first-order chi connectivity index (χ1) is 9.77. The fraction of sp³-hybridized carbons (Fsp3) is 0.938. The molecule has 2 heterocycles. The summed E-state index contributed by atoms with van der Waals surface area (Å²) >= 11 is 0. The predicted molar refractivity (Wildman–Crippen MR) is 78.6 cm³/mol. The van der Waals surface area contributed by atoms with E-state index in [4.69, 9.17) is 4.74 Å². The lowest BCUT2D eigenvalue weighted by atomic mass is 9.80. The third-order valence-corrected chi connectivity index (χ3v) is 5.22. The summed E-state index contributed by atoms with van der Waals surface area (Å²) < 4.78 is 5.36. The van der Waals surface area contributed by atoms with Crippen molar-refractivity contribution in [1.82, 2.24) is 10.2 Å². The molecule has 1 saturated carbocycles. The van der Waals surface area contributed by atoms with Crippen molar-refractivity contribution in [3.05, 3.63) is 0 Å². The van der Waals surface area contributed by atoms with Gasteiger partial charge < -0.3 is 15.0 Å². The van der Waals surface area contributed by atoms with Crippen LogP contribution in [0, 0.1) is 5.92 Å². The minimum atomic E-state index is 0.0439. The molecular weight excluding hydrogens is 252 g/mol. The summed E-state index contributed by atoms with van der Waals surface area (Å²) in [6, 6.07) is 0. The normalized spacial score (nSPS) is 30.5. The smallest absolute Gasteiger partial charge is 0.226 e. The standard InChI is InChI=1S/C16H28N2O2/c19-15(14-6-11-20-12-14)17-16(7-2-1-3-8-16)13-18-9-4-5-10-18/h14H,1-13H2,(H,17,19)/t14-/m1/s1. The average Bonchev–Trinajstić information content (AvgIpc) is 3.12. The number of carbonyl (C=O) groups excluding carboxylic acids is 1. The van der Waals surface area contributed by atoms with E-state index in [1.165, 1.54) is 45.2 Å². The maximum atomic E-state index is 12.5. The summed E-state index contributed by atoms with van der Waals surface area (Å²) in [5.41, 5.74) is 0.0439. The number of hydrogen-bond acceptors (Lipinski definition) is 3. The zero-order valence-corrected chi connectivity index (χ0v) is 12.5. The summed E-state index contributed by atoms with van der Waals surface area (Å²) in [5.74, 6) is 0.330. The molecule has 0 aromatic heterocycles. The summed E-state index contributed by atoms with van der Waals surface area (Å²) in [4.78, 5) is 15.0. The van der Waals surface area contributed by atoms with Crippen LogP contribution in [0.2, 0.25) is 0 Å². The Hall–Kier alpha value is -0.610. The van der Waals surface area contributed by atoms with Gasteiger partial charge in [0, 0.05) is 13.2 Å². The fourth-order valence-electron chi connectivity index (χ4n) is 4.02. The third-order valence-electron chi connectivity index (χ3n) is 5.22. The Balaban J connectivity index is 1.62. The minimum Gasteiger partial charge on any atom is -0.381 e. The maximum absolute atomic E-state index is 12.5. The molecule has 3 aliphatic rings. The van der Waals surface area contributed by atoms with Gasteiger partial charge in [-0.2, -0.15) is 0 Å². The number of amides is 1. The molecule has 4 nitrogen and oxygen atoms in total. The van der Waals surface area contributed by atoms with Crippen molar-refractivity contribution < 1.29 is 9.53 Å². The molecule has 114 valence electrons. The molecule has 0 unspecified atom stereocenters.